The molecule has 1 aliphatic carbocycles. The van der Waals surface area contributed by atoms with Crippen molar-refractivity contribution in [3.63, 3.8) is 0 Å². The molecule has 0 radical (unpaired) electrons. The number of hydrogen-bond donors (Lipinski definition) is 2. The Balaban J connectivity index is 2.11. The maximum Gasteiger partial charge on any atom is 0.217 e. The summed E-state index contributed by atoms with van der Waals surface area (Å²) in [4.78, 5) is 0. The van der Waals surface area contributed by atoms with Crippen molar-refractivity contribution in [2.45, 2.75) is 49.9 Å². The number of fused-ring (bicyclic) bond motifs is 1. The number of rotatable bonds is 3. The number of aliphatic hydroxyl groups is 1. The van der Waals surface area contributed by atoms with E-state index in [4.69, 9.17) is 5.73 Å². The zero-order valence-electron chi connectivity index (χ0n) is 11.0. The Morgan fingerprint density at radius 2 is 2.17 bits per heavy atom. The molecule has 2 rings (SSSR count). The Morgan fingerprint density at radius 3 is 2.83 bits per heavy atom. The molecule has 6 heteroatoms. The molecular weight excluding hydrogens is 252 g/mol. The Hall–Kier alpha value is -0.170. The zero-order chi connectivity index (χ0) is 13.4. The van der Waals surface area contributed by atoms with Crippen LogP contribution in [-0.2, 0) is 10.0 Å². The third-order valence-electron chi connectivity index (χ3n) is 4.59. The van der Waals surface area contributed by atoms with E-state index in [-0.39, 0.29) is 12.5 Å². The summed E-state index contributed by atoms with van der Waals surface area (Å²) in [5.74, 6) is 0.0970. The average Bonchev–Trinajstić information content (AvgIpc) is 2.36. The van der Waals surface area contributed by atoms with Gasteiger partial charge in [0.05, 0.1) is 10.9 Å². The van der Waals surface area contributed by atoms with Crippen molar-refractivity contribution in [1.29, 1.82) is 0 Å². The summed E-state index contributed by atoms with van der Waals surface area (Å²) in [5, 5.41) is 9.99. The van der Waals surface area contributed by atoms with Gasteiger partial charge < -0.3 is 10.8 Å². The molecule has 1 saturated carbocycles. The van der Waals surface area contributed by atoms with Gasteiger partial charge in [-0.3, -0.25) is 0 Å². The number of piperidine rings is 1. The van der Waals surface area contributed by atoms with Crippen LogP contribution in [0.3, 0.4) is 0 Å². The van der Waals surface area contributed by atoms with Gasteiger partial charge in [-0.05, 0) is 26.2 Å². The summed E-state index contributed by atoms with van der Waals surface area (Å²) < 4.78 is 26.1. The Bertz CT molecular complexity index is 398. The van der Waals surface area contributed by atoms with E-state index in [1.807, 2.05) is 0 Å². The predicted octanol–water partition coefficient (Wildman–Crippen LogP) is 0.290. The zero-order valence-corrected chi connectivity index (χ0v) is 11.8. The summed E-state index contributed by atoms with van der Waals surface area (Å²) >= 11 is 0. The van der Waals surface area contributed by atoms with Crippen LogP contribution in [0.4, 0.5) is 0 Å². The van der Waals surface area contributed by atoms with Crippen molar-refractivity contribution in [2.24, 2.45) is 11.7 Å². The van der Waals surface area contributed by atoms with Crippen molar-refractivity contribution in [2.75, 3.05) is 19.6 Å². The molecule has 1 heterocycles. The third-order valence-corrected chi connectivity index (χ3v) is 6.85. The minimum atomic E-state index is -3.29. The molecule has 0 aromatic rings. The fourth-order valence-corrected chi connectivity index (χ4v) is 4.63. The smallest absolute Gasteiger partial charge is 0.217 e. The number of hydrogen-bond acceptors (Lipinski definition) is 4. The Labute approximate surface area is 109 Å². The molecule has 2 aliphatic rings. The van der Waals surface area contributed by atoms with E-state index < -0.39 is 20.9 Å². The molecule has 0 amide bonds. The van der Waals surface area contributed by atoms with Crippen LogP contribution in [0.2, 0.25) is 0 Å². The van der Waals surface area contributed by atoms with Crippen molar-refractivity contribution in [1.82, 2.24) is 4.31 Å². The largest absolute Gasteiger partial charge is 0.390 e. The maximum atomic E-state index is 12.3. The van der Waals surface area contributed by atoms with Gasteiger partial charge in [0.2, 0.25) is 10.0 Å². The van der Waals surface area contributed by atoms with Crippen LogP contribution in [0.1, 0.15) is 39.0 Å². The van der Waals surface area contributed by atoms with Crippen LogP contribution in [0.25, 0.3) is 0 Å². The van der Waals surface area contributed by atoms with Gasteiger partial charge in [0.25, 0.3) is 0 Å². The van der Waals surface area contributed by atoms with Gasteiger partial charge in [-0.1, -0.05) is 12.8 Å². The van der Waals surface area contributed by atoms with E-state index in [0.717, 1.165) is 25.7 Å². The van der Waals surface area contributed by atoms with E-state index in [0.29, 0.717) is 19.5 Å². The quantitative estimate of drug-likeness (QED) is 0.776. The van der Waals surface area contributed by atoms with Crippen LogP contribution >= 0.6 is 0 Å². The maximum absolute atomic E-state index is 12.3. The number of nitrogens with two attached hydrogens (primary N) is 1. The van der Waals surface area contributed by atoms with E-state index in [1.165, 1.54) is 4.31 Å². The van der Waals surface area contributed by atoms with E-state index in [1.54, 1.807) is 6.92 Å². The lowest BCUT2D eigenvalue weighted by Crippen LogP contribution is -2.56. The third kappa shape index (κ3) is 2.43. The molecule has 18 heavy (non-hydrogen) atoms. The lowest BCUT2D eigenvalue weighted by molar-refractivity contribution is -0.0817. The molecule has 1 aliphatic heterocycles. The highest BCUT2D eigenvalue weighted by Crippen LogP contribution is 2.40. The molecule has 3 N–H and O–H groups in total. The molecule has 0 bridgehead atoms. The van der Waals surface area contributed by atoms with E-state index in [9.17, 15) is 13.5 Å². The second-order valence-electron chi connectivity index (χ2n) is 5.75. The Morgan fingerprint density at radius 1 is 1.44 bits per heavy atom. The molecular formula is C12H24N2O3S. The SMILES string of the molecule is CC(CN)S(=O)(=O)N1CCC2(O)CCCCC2C1. The van der Waals surface area contributed by atoms with Crippen molar-refractivity contribution < 1.29 is 13.5 Å². The number of nitrogens with zero attached hydrogens (tertiary/aromatic N) is 1. The molecule has 3 atom stereocenters. The Kier molecular flexibility index (Phi) is 4.02. The molecule has 2 fully saturated rings. The summed E-state index contributed by atoms with van der Waals surface area (Å²) in [7, 11) is -3.29. The molecule has 3 unspecified atom stereocenters. The van der Waals surface area contributed by atoms with Crippen LogP contribution < -0.4 is 5.73 Å². The van der Waals surface area contributed by atoms with Crippen LogP contribution in [-0.4, -0.2) is 48.3 Å². The highest BCUT2D eigenvalue weighted by molar-refractivity contribution is 7.89. The van der Waals surface area contributed by atoms with Crippen LogP contribution in [0.5, 0.6) is 0 Å². The first-order valence-corrected chi connectivity index (χ1v) is 8.32. The monoisotopic (exact) mass is 276 g/mol. The minimum absolute atomic E-state index is 0.0970. The standard InChI is InChI=1S/C12H24N2O3S/c1-10(8-13)18(16,17)14-7-6-12(15)5-3-2-4-11(12)9-14/h10-11,15H,2-9,13H2,1H3. The average molecular weight is 276 g/mol. The molecule has 0 aromatic heterocycles. The first-order chi connectivity index (χ1) is 8.40. The summed E-state index contributed by atoms with van der Waals surface area (Å²) in [6, 6.07) is 0. The summed E-state index contributed by atoms with van der Waals surface area (Å²) in [6.07, 6.45) is 4.46. The second kappa shape index (κ2) is 5.07. The summed E-state index contributed by atoms with van der Waals surface area (Å²) in [5.41, 5.74) is 4.84. The molecule has 0 aromatic carbocycles. The van der Waals surface area contributed by atoms with Gasteiger partial charge >= 0.3 is 0 Å². The highest BCUT2D eigenvalue weighted by Gasteiger charge is 2.45. The van der Waals surface area contributed by atoms with Crippen LogP contribution in [0.15, 0.2) is 0 Å². The predicted molar refractivity (Wildman–Crippen MR) is 70.5 cm³/mol. The number of sulfonamides is 1. The molecule has 0 spiro atoms. The first kappa shape index (κ1) is 14.2. The normalized spacial score (nSPS) is 36.1. The lowest BCUT2D eigenvalue weighted by Gasteiger charge is -2.47. The molecule has 1 saturated heterocycles. The lowest BCUT2D eigenvalue weighted by atomic mass is 9.72. The fourth-order valence-electron chi connectivity index (χ4n) is 3.15. The molecule has 106 valence electrons. The van der Waals surface area contributed by atoms with Crippen molar-refractivity contribution >= 4 is 10.0 Å². The highest BCUT2D eigenvalue weighted by atomic mass is 32.2. The van der Waals surface area contributed by atoms with Gasteiger partial charge in [0.1, 0.15) is 0 Å². The van der Waals surface area contributed by atoms with Gasteiger partial charge in [-0.2, -0.15) is 0 Å². The van der Waals surface area contributed by atoms with Crippen molar-refractivity contribution in [3.8, 4) is 0 Å². The van der Waals surface area contributed by atoms with Gasteiger partial charge in [0, 0.05) is 25.6 Å². The van der Waals surface area contributed by atoms with E-state index >= 15 is 0 Å². The first-order valence-electron chi connectivity index (χ1n) is 6.81. The van der Waals surface area contributed by atoms with Crippen molar-refractivity contribution in [3.05, 3.63) is 0 Å². The van der Waals surface area contributed by atoms with E-state index in [2.05, 4.69) is 0 Å². The fraction of sp³-hybridized carbons (Fsp3) is 1.00. The molecule has 5 nitrogen and oxygen atoms in total. The van der Waals surface area contributed by atoms with Gasteiger partial charge in [-0.15, -0.1) is 0 Å². The summed E-state index contributed by atoms with van der Waals surface area (Å²) in [6.45, 7) is 2.69. The topological polar surface area (TPSA) is 83.6 Å². The minimum Gasteiger partial charge on any atom is -0.390 e. The van der Waals surface area contributed by atoms with Gasteiger partial charge in [0.15, 0.2) is 0 Å². The van der Waals surface area contributed by atoms with Gasteiger partial charge in [-0.25, -0.2) is 12.7 Å². The van der Waals surface area contributed by atoms with Crippen LogP contribution in [0, 0.1) is 5.92 Å². The second-order valence-corrected chi connectivity index (χ2v) is 8.10.